The molecule has 1 amide bonds. The molecular formula is C25H24N2O4S. The largest absolute Gasteiger partial charge is 0.465 e. The van der Waals surface area contributed by atoms with Crippen LogP contribution in [-0.2, 0) is 17.6 Å². The third kappa shape index (κ3) is 4.08. The fourth-order valence-corrected chi connectivity index (χ4v) is 5.68. The van der Waals surface area contributed by atoms with Gasteiger partial charge in [0.05, 0.1) is 11.8 Å². The summed E-state index contributed by atoms with van der Waals surface area (Å²) in [7, 11) is 0. The van der Waals surface area contributed by atoms with E-state index < -0.39 is 5.97 Å². The van der Waals surface area contributed by atoms with Gasteiger partial charge in [-0.2, -0.15) is 0 Å². The summed E-state index contributed by atoms with van der Waals surface area (Å²) in [5.41, 5.74) is 2.94. The normalized spacial score (nSPS) is 19.7. The Morgan fingerprint density at radius 1 is 1.25 bits per heavy atom. The highest BCUT2D eigenvalue weighted by molar-refractivity contribution is 7.16. The van der Waals surface area contributed by atoms with E-state index in [0.29, 0.717) is 17.4 Å². The molecule has 2 aliphatic rings. The molecule has 0 saturated heterocycles. The maximum atomic E-state index is 12.9. The first-order valence-electron chi connectivity index (χ1n) is 10.9. The van der Waals surface area contributed by atoms with Crippen molar-refractivity contribution < 1.29 is 18.7 Å². The summed E-state index contributed by atoms with van der Waals surface area (Å²) in [6.07, 6.45) is 8.47. The minimum absolute atomic E-state index is 0.0187. The van der Waals surface area contributed by atoms with Crippen LogP contribution in [0.5, 0.6) is 5.75 Å². The highest BCUT2D eigenvalue weighted by Crippen LogP contribution is 2.43. The van der Waals surface area contributed by atoms with Gasteiger partial charge in [-0.1, -0.05) is 25.5 Å². The van der Waals surface area contributed by atoms with E-state index in [9.17, 15) is 9.59 Å². The highest BCUT2D eigenvalue weighted by Gasteiger charge is 2.33. The Kier molecular flexibility index (Phi) is 5.57. The molecule has 2 atom stereocenters. The number of hydrogen-bond acceptors (Lipinski definition) is 6. The zero-order chi connectivity index (χ0) is 22.1. The van der Waals surface area contributed by atoms with Crippen LogP contribution in [0.3, 0.4) is 0 Å². The van der Waals surface area contributed by atoms with E-state index in [0.717, 1.165) is 35.4 Å². The zero-order valence-electron chi connectivity index (χ0n) is 17.7. The smallest absolute Gasteiger partial charge is 0.336 e. The van der Waals surface area contributed by atoms with Gasteiger partial charge in [-0.05, 0) is 66.6 Å². The van der Waals surface area contributed by atoms with Crippen molar-refractivity contribution in [2.75, 3.05) is 5.32 Å². The molecule has 7 heteroatoms. The molecule has 3 heterocycles. The number of anilines is 1. The summed E-state index contributed by atoms with van der Waals surface area (Å²) in [6, 6.07) is 10.6. The molecule has 1 aliphatic heterocycles. The van der Waals surface area contributed by atoms with E-state index in [4.69, 9.17) is 9.15 Å². The Bertz CT molecular complexity index is 1160. The lowest BCUT2D eigenvalue weighted by molar-refractivity contribution is -0.128. The van der Waals surface area contributed by atoms with E-state index in [-0.39, 0.29) is 12.1 Å². The van der Waals surface area contributed by atoms with Crippen LogP contribution in [0.25, 0.3) is 6.08 Å². The van der Waals surface area contributed by atoms with Crippen LogP contribution in [0.1, 0.15) is 58.1 Å². The molecule has 2 unspecified atom stereocenters. The molecule has 0 radical (unpaired) electrons. The van der Waals surface area contributed by atoms with Crippen LogP contribution in [0.4, 0.5) is 5.00 Å². The zero-order valence-corrected chi connectivity index (χ0v) is 18.5. The number of esters is 1. The van der Waals surface area contributed by atoms with Gasteiger partial charge in [-0.3, -0.25) is 4.79 Å². The minimum Gasteiger partial charge on any atom is -0.465 e. The van der Waals surface area contributed by atoms with Crippen molar-refractivity contribution >= 4 is 34.3 Å². The Hall–Kier alpha value is -3.32. The SMILES string of the molecule is CCC1CCc2c(sc3c2C(=O)NC(c2ccc(OC(=O)/C=C/c4ccco4)cc2)N3)C1. The fourth-order valence-electron chi connectivity index (χ4n) is 4.30. The van der Waals surface area contributed by atoms with Gasteiger partial charge < -0.3 is 19.8 Å². The Labute approximate surface area is 190 Å². The van der Waals surface area contributed by atoms with Crippen LogP contribution in [0, 0.1) is 5.92 Å². The summed E-state index contributed by atoms with van der Waals surface area (Å²) in [5, 5.41) is 7.52. The van der Waals surface area contributed by atoms with Crippen molar-refractivity contribution in [1.82, 2.24) is 5.32 Å². The summed E-state index contributed by atoms with van der Waals surface area (Å²) in [6.45, 7) is 2.24. The number of hydrogen-bond donors (Lipinski definition) is 2. The van der Waals surface area contributed by atoms with Gasteiger partial charge in [0.2, 0.25) is 0 Å². The molecule has 0 spiro atoms. The molecule has 5 rings (SSSR count). The molecule has 1 aliphatic carbocycles. The van der Waals surface area contributed by atoms with Crippen molar-refractivity contribution in [3.8, 4) is 5.75 Å². The lowest BCUT2D eigenvalue weighted by Crippen LogP contribution is -2.38. The third-order valence-electron chi connectivity index (χ3n) is 6.08. The van der Waals surface area contributed by atoms with Crippen LogP contribution < -0.4 is 15.4 Å². The van der Waals surface area contributed by atoms with E-state index in [1.807, 2.05) is 12.1 Å². The summed E-state index contributed by atoms with van der Waals surface area (Å²) in [4.78, 5) is 26.3. The predicted octanol–water partition coefficient (Wildman–Crippen LogP) is 5.33. The van der Waals surface area contributed by atoms with Crippen LogP contribution in [-0.4, -0.2) is 11.9 Å². The van der Waals surface area contributed by atoms with Gasteiger partial charge in [-0.25, -0.2) is 4.79 Å². The molecular weight excluding hydrogens is 424 g/mol. The van der Waals surface area contributed by atoms with Gasteiger partial charge >= 0.3 is 5.97 Å². The molecule has 2 aromatic heterocycles. The van der Waals surface area contributed by atoms with Crippen molar-refractivity contribution in [2.45, 2.75) is 38.8 Å². The van der Waals surface area contributed by atoms with Crippen molar-refractivity contribution in [3.63, 3.8) is 0 Å². The average molecular weight is 449 g/mol. The first-order chi connectivity index (χ1) is 15.6. The summed E-state index contributed by atoms with van der Waals surface area (Å²) in [5.74, 6) is 1.22. The number of fused-ring (bicyclic) bond motifs is 3. The number of rotatable bonds is 5. The van der Waals surface area contributed by atoms with Gasteiger partial charge in [0.1, 0.15) is 22.7 Å². The van der Waals surface area contributed by atoms with Crippen LogP contribution >= 0.6 is 11.3 Å². The number of amides is 1. The summed E-state index contributed by atoms with van der Waals surface area (Å²) >= 11 is 1.72. The quantitative estimate of drug-likeness (QED) is 0.313. The van der Waals surface area contributed by atoms with E-state index in [1.54, 1.807) is 41.7 Å². The topological polar surface area (TPSA) is 80.6 Å². The second kappa shape index (κ2) is 8.67. The number of carbonyl (C=O) groups excluding carboxylic acids is 2. The number of thiophene rings is 1. The fraction of sp³-hybridized carbons (Fsp3) is 0.280. The summed E-state index contributed by atoms with van der Waals surface area (Å²) < 4.78 is 10.5. The molecule has 3 aromatic rings. The lowest BCUT2D eigenvalue weighted by Gasteiger charge is -2.27. The molecule has 6 nitrogen and oxygen atoms in total. The Morgan fingerprint density at radius 2 is 2.09 bits per heavy atom. The van der Waals surface area contributed by atoms with E-state index in [1.165, 1.54) is 29.2 Å². The Balaban J connectivity index is 1.27. The average Bonchev–Trinajstić information content (AvgIpc) is 3.45. The van der Waals surface area contributed by atoms with Crippen LogP contribution in [0.2, 0.25) is 0 Å². The minimum atomic E-state index is -0.488. The number of carbonyl (C=O) groups is 2. The molecule has 2 N–H and O–H groups in total. The van der Waals surface area contributed by atoms with Crippen molar-refractivity contribution in [2.24, 2.45) is 5.92 Å². The number of nitrogens with one attached hydrogen (secondary N) is 2. The first-order valence-corrected chi connectivity index (χ1v) is 11.7. The molecule has 0 fully saturated rings. The van der Waals surface area contributed by atoms with Gasteiger partial charge in [0.25, 0.3) is 5.91 Å². The second-order valence-electron chi connectivity index (χ2n) is 8.11. The Morgan fingerprint density at radius 3 is 2.84 bits per heavy atom. The lowest BCUT2D eigenvalue weighted by atomic mass is 9.85. The molecule has 164 valence electrons. The monoisotopic (exact) mass is 448 g/mol. The van der Waals surface area contributed by atoms with Crippen molar-refractivity contribution in [3.05, 3.63) is 76.1 Å². The molecule has 32 heavy (non-hydrogen) atoms. The predicted molar refractivity (Wildman–Crippen MR) is 124 cm³/mol. The number of furan rings is 1. The molecule has 1 aromatic carbocycles. The molecule has 0 bridgehead atoms. The van der Waals surface area contributed by atoms with E-state index in [2.05, 4.69) is 17.6 Å². The second-order valence-corrected chi connectivity index (χ2v) is 9.22. The highest BCUT2D eigenvalue weighted by atomic mass is 32.1. The van der Waals surface area contributed by atoms with Crippen LogP contribution in [0.15, 0.2) is 53.2 Å². The van der Waals surface area contributed by atoms with Gasteiger partial charge in [0, 0.05) is 11.0 Å². The van der Waals surface area contributed by atoms with Gasteiger partial charge in [-0.15, -0.1) is 11.3 Å². The third-order valence-corrected chi connectivity index (χ3v) is 7.27. The maximum Gasteiger partial charge on any atom is 0.336 e. The molecule has 0 saturated carbocycles. The maximum absolute atomic E-state index is 12.9. The first kappa shape index (κ1) is 20.6. The van der Waals surface area contributed by atoms with Gasteiger partial charge in [0.15, 0.2) is 0 Å². The number of benzene rings is 1. The van der Waals surface area contributed by atoms with Crippen molar-refractivity contribution in [1.29, 1.82) is 0 Å². The standard InChI is InChI=1S/C25H24N2O4S/c1-2-15-5-11-19-20(14-15)32-25-22(19)24(29)26-23(27-25)16-6-8-18(9-7-16)31-21(28)12-10-17-4-3-13-30-17/h3-4,6-10,12-13,15,23,27H,2,5,11,14H2,1H3,(H,26,29)/b12-10+. The van der Waals surface area contributed by atoms with E-state index >= 15 is 0 Å². The number of ether oxygens (including phenoxy) is 1.